The molecule has 0 heterocycles. The van der Waals surface area contributed by atoms with E-state index in [0.717, 1.165) is 4.90 Å². The number of rotatable bonds is 9. The molecular formula is C20H19FN2O4. The van der Waals surface area contributed by atoms with Crippen LogP contribution in [0.1, 0.15) is 12.8 Å². The van der Waals surface area contributed by atoms with Crippen molar-refractivity contribution >= 4 is 17.6 Å². The number of hydrogen-bond acceptors (Lipinski definition) is 5. The number of para-hydroxylation sites is 2. The molecule has 2 rings (SSSR count). The van der Waals surface area contributed by atoms with Crippen LogP contribution in [0, 0.1) is 17.1 Å². The monoisotopic (exact) mass is 370 g/mol. The number of nitriles is 1. The van der Waals surface area contributed by atoms with Crippen LogP contribution in [0.4, 0.5) is 10.1 Å². The van der Waals surface area contributed by atoms with Crippen molar-refractivity contribution in [2.75, 3.05) is 24.7 Å². The molecule has 0 spiro atoms. The summed E-state index contributed by atoms with van der Waals surface area (Å²) in [5.41, 5.74) is 0.0428. The first-order chi connectivity index (χ1) is 13.1. The van der Waals surface area contributed by atoms with E-state index in [9.17, 15) is 14.0 Å². The lowest BCUT2D eigenvalue weighted by Crippen LogP contribution is -2.36. The van der Waals surface area contributed by atoms with Gasteiger partial charge >= 0.3 is 5.97 Å². The summed E-state index contributed by atoms with van der Waals surface area (Å²) in [5, 5.41) is 8.74. The molecule has 0 aromatic heterocycles. The lowest BCUT2D eigenvalue weighted by atomic mass is 10.2. The first-order valence-corrected chi connectivity index (χ1v) is 8.37. The van der Waals surface area contributed by atoms with Gasteiger partial charge in [-0.2, -0.15) is 5.26 Å². The molecule has 27 heavy (non-hydrogen) atoms. The second-order valence-electron chi connectivity index (χ2n) is 5.48. The fraction of sp³-hybridized carbons (Fsp3) is 0.250. The van der Waals surface area contributed by atoms with E-state index in [2.05, 4.69) is 0 Å². The summed E-state index contributed by atoms with van der Waals surface area (Å²) in [7, 11) is 0. The number of nitrogens with zero attached hydrogens (tertiary/aromatic N) is 2. The van der Waals surface area contributed by atoms with Crippen molar-refractivity contribution in [3.05, 3.63) is 60.4 Å². The number of halogens is 1. The summed E-state index contributed by atoms with van der Waals surface area (Å²) in [6.45, 7) is -0.419. The Morgan fingerprint density at radius 3 is 2.48 bits per heavy atom. The Hall–Kier alpha value is -3.40. The first kappa shape index (κ1) is 19.9. The largest absolute Gasteiger partial charge is 0.493 e. The van der Waals surface area contributed by atoms with Gasteiger partial charge in [0, 0.05) is 6.54 Å². The van der Waals surface area contributed by atoms with Crippen LogP contribution in [-0.2, 0) is 14.3 Å². The van der Waals surface area contributed by atoms with E-state index in [1.165, 1.54) is 18.2 Å². The highest BCUT2D eigenvalue weighted by atomic mass is 19.1. The van der Waals surface area contributed by atoms with Crippen molar-refractivity contribution in [1.82, 2.24) is 0 Å². The number of carbonyl (C=O) groups is 2. The van der Waals surface area contributed by atoms with Gasteiger partial charge in [-0.15, -0.1) is 0 Å². The van der Waals surface area contributed by atoms with E-state index in [0.29, 0.717) is 5.75 Å². The number of benzene rings is 2. The number of ether oxygens (including phenoxy) is 2. The molecule has 6 nitrogen and oxygen atoms in total. The van der Waals surface area contributed by atoms with Crippen LogP contribution in [-0.4, -0.2) is 31.6 Å². The molecule has 0 radical (unpaired) electrons. The normalized spacial score (nSPS) is 9.93. The van der Waals surface area contributed by atoms with Gasteiger partial charge in [0.1, 0.15) is 11.6 Å². The van der Waals surface area contributed by atoms with E-state index in [4.69, 9.17) is 14.7 Å². The maximum Gasteiger partial charge on any atom is 0.309 e. The third-order valence-electron chi connectivity index (χ3n) is 3.57. The van der Waals surface area contributed by atoms with Crippen molar-refractivity contribution in [3.63, 3.8) is 0 Å². The molecule has 0 bridgehead atoms. The maximum absolute atomic E-state index is 14.0. The average Bonchev–Trinajstić information content (AvgIpc) is 2.68. The molecule has 2 aromatic rings. The molecule has 0 saturated carbocycles. The highest BCUT2D eigenvalue weighted by Gasteiger charge is 2.20. The average molecular weight is 370 g/mol. The van der Waals surface area contributed by atoms with Crippen molar-refractivity contribution in [2.24, 2.45) is 0 Å². The minimum Gasteiger partial charge on any atom is -0.493 e. The molecule has 2 aromatic carbocycles. The summed E-state index contributed by atoms with van der Waals surface area (Å²) in [6.07, 6.45) is -0.000988. The van der Waals surface area contributed by atoms with Crippen LogP contribution in [0.3, 0.4) is 0 Å². The summed E-state index contributed by atoms with van der Waals surface area (Å²) >= 11 is 0. The predicted octanol–water partition coefficient (Wildman–Crippen LogP) is 3.08. The molecule has 0 aliphatic rings. The standard InChI is InChI=1S/C20H19FN2O4/c21-17-9-4-5-10-18(17)23(13-6-12-22)19(24)15-27-20(25)11-14-26-16-7-2-1-3-8-16/h1-5,7-10H,6,11,13-15H2. The first-order valence-electron chi connectivity index (χ1n) is 8.37. The zero-order valence-electron chi connectivity index (χ0n) is 14.6. The van der Waals surface area contributed by atoms with E-state index < -0.39 is 24.3 Å². The van der Waals surface area contributed by atoms with Crippen LogP contribution in [0.5, 0.6) is 5.75 Å². The maximum atomic E-state index is 14.0. The Morgan fingerprint density at radius 1 is 1.07 bits per heavy atom. The molecule has 140 valence electrons. The van der Waals surface area contributed by atoms with E-state index >= 15 is 0 Å². The van der Waals surface area contributed by atoms with E-state index in [1.807, 2.05) is 24.3 Å². The van der Waals surface area contributed by atoms with Gasteiger partial charge in [0.25, 0.3) is 5.91 Å². The highest BCUT2D eigenvalue weighted by molar-refractivity contribution is 5.95. The van der Waals surface area contributed by atoms with E-state index in [1.54, 1.807) is 18.2 Å². The van der Waals surface area contributed by atoms with Crippen molar-refractivity contribution < 1.29 is 23.5 Å². The third kappa shape index (κ3) is 6.44. The minimum atomic E-state index is -0.604. The molecule has 0 unspecified atom stereocenters. The SMILES string of the molecule is N#CCCN(C(=O)COC(=O)CCOc1ccccc1)c1ccccc1F. The molecule has 0 saturated heterocycles. The summed E-state index contributed by atoms with van der Waals surface area (Å²) < 4.78 is 24.3. The van der Waals surface area contributed by atoms with Gasteiger partial charge in [-0.25, -0.2) is 4.39 Å². The summed E-state index contributed by atoms with van der Waals surface area (Å²) in [5.74, 6) is -1.17. The predicted molar refractivity (Wildman–Crippen MR) is 96.5 cm³/mol. The van der Waals surface area contributed by atoms with Gasteiger partial charge < -0.3 is 14.4 Å². The fourth-order valence-electron chi connectivity index (χ4n) is 2.27. The Morgan fingerprint density at radius 2 is 1.78 bits per heavy atom. The second-order valence-corrected chi connectivity index (χ2v) is 5.48. The topological polar surface area (TPSA) is 79.6 Å². The lowest BCUT2D eigenvalue weighted by Gasteiger charge is -2.22. The molecule has 0 N–H and O–H groups in total. The Bertz CT molecular complexity index is 805. The van der Waals surface area contributed by atoms with Crippen LogP contribution in [0.15, 0.2) is 54.6 Å². The minimum absolute atomic E-state index is 0.00490. The Balaban J connectivity index is 1.84. The van der Waals surface area contributed by atoms with Gasteiger partial charge in [0.2, 0.25) is 0 Å². The molecule has 0 aliphatic heterocycles. The molecule has 0 atom stereocenters. The van der Waals surface area contributed by atoms with Gasteiger partial charge in [-0.3, -0.25) is 9.59 Å². The number of carbonyl (C=O) groups excluding carboxylic acids is 2. The molecule has 0 fully saturated rings. The molecular weight excluding hydrogens is 351 g/mol. The quantitative estimate of drug-likeness (QED) is 0.634. The number of hydrogen-bond donors (Lipinski definition) is 0. The van der Waals surface area contributed by atoms with Crippen LogP contribution in [0.25, 0.3) is 0 Å². The summed E-state index contributed by atoms with van der Waals surface area (Å²) in [4.78, 5) is 25.2. The van der Waals surface area contributed by atoms with Crippen LogP contribution >= 0.6 is 0 Å². The number of amides is 1. The zero-order valence-corrected chi connectivity index (χ0v) is 14.6. The second kappa shape index (κ2) is 10.6. The van der Waals surface area contributed by atoms with E-state index in [-0.39, 0.29) is 31.7 Å². The Kier molecular flexibility index (Phi) is 7.79. The smallest absolute Gasteiger partial charge is 0.309 e. The van der Waals surface area contributed by atoms with Crippen molar-refractivity contribution in [1.29, 1.82) is 5.26 Å². The molecule has 1 amide bonds. The van der Waals surface area contributed by atoms with Gasteiger partial charge in [-0.05, 0) is 24.3 Å². The Labute approximate surface area is 156 Å². The molecule has 7 heteroatoms. The number of esters is 1. The highest BCUT2D eigenvalue weighted by Crippen LogP contribution is 2.19. The lowest BCUT2D eigenvalue weighted by molar-refractivity contribution is -0.148. The van der Waals surface area contributed by atoms with Crippen LogP contribution in [0.2, 0.25) is 0 Å². The third-order valence-corrected chi connectivity index (χ3v) is 3.57. The van der Waals surface area contributed by atoms with Gasteiger partial charge in [-0.1, -0.05) is 30.3 Å². The summed E-state index contributed by atoms with van der Waals surface area (Å²) in [6, 6.07) is 16.6. The van der Waals surface area contributed by atoms with Gasteiger partial charge in [0.05, 0.1) is 31.2 Å². The van der Waals surface area contributed by atoms with Crippen LogP contribution < -0.4 is 9.64 Å². The molecule has 0 aliphatic carbocycles. The zero-order chi connectivity index (χ0) is 19.5. The van der Waals surface area contributed by atoms with Crippen molar-refractivity contribution in [2.45, 2.75) is 12.8 Å². The number of anilines is 1. The van der Waals surface area contributed by atoms with Crippen molar-refractivity contribution in [3.8, 4) is 11.8 Å². The fourth-order valence-corrected chi connectivity index (χ4v) is 2.27. The van der Waals surface area contributed by atoms with Gasteiger partial charge in [0.15, 0.2) is 6.61 Å².